The van der Waals surface area contributed by atoms with E-state index in [1.165, 1.54) is 44.6 Å². The molecule has 0 amide bonds. The number of rotatable bonds is 8. The van der Waals surface area contributed by atoms with Crippen LogP contribution in [0.1, 0.15) is 52.4 Å². The fourth-order valence-electron chi connectivity index (χ4n) is 2.00. The number of nitrogens with one attached hydrogen (secondary N) is 1. The molecule has 1 unspecified atom stereocenters. The van der Waals surface area contributed by atoms with Crippen molar-refractivity contribution in [2.45, 2.75) is 58.4 Å². The van der Waals surface area contributed by atoms with Crippen LogP contribution in [0.5, 0.6) is 0 Å². The van der Waals surface area contributed by atoms with Crippen molar-refractivity contribution in [1.82, 2.24) is 0 Å². The molecule has 0 aliphatic heterocycles. The van der Waals surface area contributed by atoms with Gasteiger partial charge in [-0.3, -0.25) is 0 Å². The fraction of sp³-hybridized carbons (Fsp3) is 0.600. The first kappa shape index (κ1) is 15.7. The van der Waals surface area contributed by atoms with Gasteiger partial charge in [-0.1, -0.05) is 39.0 Å². The minimum absolute atomic E-state index is 0.169. The second-order valence-electron chi connectivity index (χ2n) is 4.87. The van der Waals surface area contributed by atoms with E-state index in [1.54, 1.807) is 6.07 Å². The third-order valence-electron chi connectivity index (χ3n) is 3.07. The molecule has 18 heavy (non-hydrogen) atoms. The van der Waals surface area contributed by atoms with E-state index >= 15 is 0 Å². The van der Waals surface area contributed by atoms with Crippen LogP contribution in [0, 0.1) is 9.39 Å². The molecule has 1 N–H and O–H groups in total. The van der Waals surface area contributed by atoms with Crippen molar-refractivity contribution in [2.24, 2.45) is 0 Å². The molecule has 0 saturated heterocycles. The van der Waals surface area contributed by atoms with E-state index in [1.807, 2.05) is 6.07 Å². The maximum absolute atomic E-state index is 13.0. The van der Waals surface area contributed by atoms with E-state index in [9.17, 15) is 4.39 Å². The standard InChI is InChI=1S/C15H23FIN/c1-3-4-5-6-7-8-12(2)18-15-10-9-13(16)11-14(15)17/h9-12,18H,3-8H2,1-2H3. The van der Waals surface area contributed by atoms with Crippen molar-refractivity contribution in [3.05, 3.63) is 27.6 Å². The van der Waals surface area contributed by atoms with Gasteiger partial charge in [0.25, 0.3) is 0 Å². The first-order chi connectivity index (χ1) is 8.63. The molecule has 0 spiro atoms. The van der Waals surface area contributed by atoms with E-state index in [0.717, 1.165) is 9.26 Å². The molecule has 0 aromatic heterocycles. The lowest BCUT2D eigenvalue weighted by Crippen LogP contribution is -2.15. The van der Waals surface area contributed by atoms with Crippen LogP contribution in [0.15, 0.2) is 18.2 Å². The summed E-state index contributed by atoms with van der Waals surface area (Å²) >= 11 is 2.17. The third kappa shape index (κ3) is 6.03. The molecule has 0 heterocycles. The van der Waals surface area contributed by atoms with E-state index in [-0.39, 0.29) is 5.82 Å². The number of unbranched alkanes of at least 4 members (excludes halogenated alkanes) is 4. The van der Waals surface area contributed by atoms with Crippen molar-refractivity contribution in [3.63, 3.8) is 0 Å². The highest BCUT2D eigenvalue weighted by Gasteiger charge is 2.05. The van der Waals surface area contributed by atoms with Crippen molar-refractivity contribution < 1.29 is 4.39 Å². The van der Waals surface area contributed by atoms with Gasteiger partial charge in [-0.15, -0.1) is 0 Å². The first-order valence-corrected chi connectivity index (χ1v) is 7.93. The summed E-state index contributed by atoms with van der Waals surface area (Å²) in [6.45, 7) is 4.43. The SMILES string of the molecule is CCCCCCCC(C)Nc1ccc(F)cc1I. The average Bonchev–Trinajstić information content (AvgIpc) is 2.32. The summed E-state index contributed by atoms with van der Waals surface area (Å²) in [5.74, 6) is -0.169. The largest absolute Gasteiger partial charge is 0.382 e. The molecule has 3 heteroatoms. The number of halogens is 2. The van der Waals surface area contributed by atoms with E-state index in [0.29, 0.717) is 6.04 Å². The Hall–Kier alpha value is -0.320. The monoisotopic (exact) mass is 363 g/mol. The van der Waals surface area contributed by atoms with Crippen LogP contribution in [-0.4, -0.2) is 6.04 Å². The summed E-state index contributed by atoms with van der Waals surface area (Å²) < 4.78 is 13.9. The lowest BCUT2D eigenvalue weighted by molar-refractivity contribution is 0.578. The van der Waals surface area contributed by atoms with Gasteiger partial charge in [0.2, 0.25) is 0 Å². The highest BCUT2D eigenvalue weighted by molar-refractivity contribution is 14.1. The molecular weight excluding hydrogens is 340 g/mol. The zero-order valence-corrected chi connectivity index (χ0v) is 13.5. The van der Waals surface area contributed by atoms with Gasteiger partial charge < -0.3 is 5.32 Å². The summed E-state index contributed by atoms with van der Waals surface area (Å²) in [5, 5.41) is 3.45. The Morgan fingerprint density at radius 1 is 1.22 bits per heavy atom. The molecule has 0 bridgehead atoms. The number of hydrogen-bond acceptors (Lipinski definition) is 1. The third-order valence-corrected chi connectivity index (χ3v) is 3.97. The van der Waals surface area contributed by atoms with Gasteiger partial charge in [-0.05, 0) is 54.1 Å². The predicted molar refractivity (Wildman–Crippen MR) is 85.6 cm³/mol. The summed E-state index contributed by atoms with van der Waals surface area (Å²) in [7, 11) is 0. The second kappa shape index (κ2) is 8.73. The molecule has 0 radical (unpaired) electrons. The number of hydrogen-bond donors (Lipinski definition) is 1. The molecule has 1 aromatic carbocycles. The topological polar surface area (TPSA) is 12.0 Å². The average molecular weight is 363 g/mol. The highest BCUT2D eigenvalue weighted by Crippen LogP contribution is 2.21. The van der Waals surface area contributed by atoms with Crippen LogP contribution in [0.25, 0.3) is 0 Å². The van der Waals surface area contributed by atoms with Crippen molar-refractivity contribution >= 4 is 28.3 Å². The molecule has 1 rings (SSSR count). The van der Waals surface area contributed by atoms with E-state index in [2.05, 4.69) is 41.8 Å². The first-order valence-electron chi connectivity index (χ1n) is 6.85. The van der Waals surface area contributed by atoms with Gasteiger partial charge in [-0.2, -0.15) is 0 Å². The minimum Gasteiger partial charge on any atom is -0.382 e. The Morgan fingerprint density at radius 2 is 1.94 bits per heavy atom. The molecule has 1 atom stereocenters. The normalized spacial score (nSPS) is 12.4. The van der Waals surface area contributed by atoms with Gasteiger partial charge in [-0.25, -0.2) is 4.39 Å². The smallest absolute Gasteiger partial charge is 0.124 e. The van der Waals surface area contributed by atoms with Crippen molar-refractivity contribution in [2.75, 3.05) is 5.32 Å². The molecule has 0 aliphatic rings. The van der Waals surface area contributed by atoms with Gasteiger partial charge in [0, 0.05) is 15.3 Å². The quantitative estimate of drug-likeness (QED) is 0.469. The maximum Gasteiger partial charge on any atom is 0.124 e. The molecule has 1 aromatic rings. The maximum atomic E-state index is 13.0. The Labute approximate surface area is 124 Å². The van der Waals surface area contributed by atoms with Gasteiger partial charge in [0.05, 0.1) is 0 Å². The molecule has 1 nitrogen and oxygen atoms in total. The Bertz CT molecular complexity index is 354. The summed E-state index contributed by atoms with van der Waals surface area (Å²) in [6.07, 6.45) is 7.75. The highest BCUT2D eigenvalue weighted by atomic mass is 127. The van der Waals surface area contributed by atoms with Crippen LogP contribution in [-0.2, 0) is 0 Å². The second-order valence-corrected chi connectivity index (χ2v) is 6.03. The van der Waals surface area contributed by atoms with Crippen molar-refractivity contribution in [1.29, 1.82) is 0 Å². The number of benzene rings is 1. The summed E-state index contributed by atoms with van der Waals surface area (Å²) in [4.78, 5) is 0. The van der Waals surface area contributed by atoms with E-state index < -0.39 is 0 Å². The molecule has 0 saturated carbocycles. The van der Waals surface area contributed by atoms with Gasteiger partial charge in [0.15, 0.2) is 0 Å². The van der Waals surface area contributed by atoms with Crippen LogP contribution < -0.4 is 5.32 Å². The Balaban J connectivity index is 2.28. The minimum atomic E-state index is -0.169. The zero-order valence-electron chi connectivity index (χ0n) is 11.3. The van der Waals surface area contributed by atoms with Crippen LogP contribution in [0.3, 0.4) is 0 Å². The summed E-state index contributed by atoms with van der Waals surface area (Å²) in [5.41, 5.74) is 1.04. The summed E-state index contributed by atoms with van der Waals surface area (Å²) in [6, 6.07) is 5.35. The fourth-order valence-corrected chi connectivity index (χ4v) is 2.63. The van der Waals surface area contributed by atoms with Gasteiger partial charge in [0.1, 0.15) is 5.82 Å². The van der Waals surface area contributed by atoms with Gasteiger partial charge >= 0.3 is 0 Å². The molecule has 102 valence electrons. The molecular formula is C15H23FIN. The van der Waals surface area contributed by atoms with E-state index in [4.69, 9.17) is 0 Å². The Kier molecular flexibility index (Phi) is 7.63. The molecule has 0 aliphatic carbocycles. The Morgan fingerprint density at radius 3 is 2.61 bits per heavy atom. The zero-order chi connectivity index (χ0) is 13.4. The lowest BCUT2D eigenvalue weighted by Gasteiger charge is -2.16. The van der Waals surface area contributed by atoms with Crippen LogP contribution in [0.4, 0.5) is 10.1 Å². The van der Waals surface area contributed by atoms with Crippen LogP contribution >= 0.6 is 22.6 Å². The predicted octanol–water partition coefficient (Wildman–Crippen LogP) is 5.59. The lowest BCUT2D eigenvalue weighted by atomic mass is 10.1. The van der Waals surface area contributed by atoms with Crippen molar-refractivity contribution in [3.8, 4) is 0 Å². The number of anilines is 1. The van der Waals surface area contributed by atoms with Crippen LogP contribution in [0.2, 0.25) is 0 Å². The molecule has 0 fully saturated rings.